The summed E-state index contributed by atoms with van der Waals surface area (Å²) in [6, 6.07) is 15.4. The minimum Gasteiger partial charge on any atom is -0.487 e. The molecule has 0 bridgehead atoms. The molecule has 8 heteroatoms. The first kappa shape index (κ1) is 25.5. The fourth-order valence-corrected chi connectivity index (χ4v) is 5.90. The highest BCUT2D eigenvalue weighted by Gasteiger charge is 2.46. The number of hydrogen-bond acceptors (Lipinski definition) is 5. The average Bonchev–Trinajstić information content (AvgIpc) is 3.27. The molecule has 1 aliphatic carbocycles. The smallest absolute Gasteiger partial charge is 0.319 e. The Labute approximate surface area is 218 Å². The number of urea groups is 1. The van der Waals surface area contributed by atoms with Crippen LogP contribution in [0.15, 0.2) is 48.5 Å². The molecule has 2 aromatic carbocycles. The normalized spacial score (nSPS) is 25.8. The second kappa shape index (κ2) is 11.5. The fourth-order valence-electron chi connectivity index (χ4n) is 5.90. The van der Waals surface area contributed by atoms with Gasteiger partial charge in [0.05, 0.1) is 25.2 Å². The van der Waals surface area contributed by atoms with Gasteiger partial charge in [-0.05, 0) is 49.9 Å². The van der Waals surface area contributed by atoms with E-state index in [9.17, 15) is 14.7 Å². The van der Waals surface area contributed by atoms with E-state index >= 15 is 0 Å². The van der Waals surface area contributed by atoms with Gasteiger partial charge in [0, 0.05) is 23.2 Å². The Balaban J connectivity index is 1.22. The van der Waals surface area contributed by atoms with Crippen LogP contribution in [0.25, 0.3) is 0 Å². The number of carbonyl (C=O) groups excluding carboxylic acids is 2. The van der Waals surface area contributed by atoms with Crippen LogP contribution in [0.1, 0.15) is 75.0 Å². The maximum Gasteiger partial charge on any atom is 0.319 e. The van der Waals surface area contributed by atoms with E-state index in [2.05, 4.69) is 16.0 Å². The third-order valence-electron chi connectivity index (χ3n) is 7.79. The van der Waals surface area contributed by atoms with E-state index < -0.39 is 6.10 Å². The lowest BCUT2D eigenvalue weighted by molar-refractivity contribution is -0.142. The molecule has 1 saturated carbocycles. The molecule has 198 valence electrons. The van der Waals surface area contributed by atoms with Gasteiger partial charge < -0.3 is 30.5 Å². The highest BCUT2D eigenvalue weighted by molar-refractivity contribution is 5.89. The van der Waals surface area contributed by atoms with E-state index in [1.165, 1.54) is 6.42 Å². The van der Waals surface area contributed by atoms with Crippen LogP contribution in [0.3, 0.4) is 0 Å². The van der Waals surface area contributed by atoms with Crippen LogP contribution >= 0.6 is 0 Å². The van der Waals surface area contributed by atoms with Gasteiger partial charge in [-0.1, -0.05) is 49.6 Å². The zero-order valence-corrected chi connectivity index (χ0v) is 21.3. The van der Waals surface area contributed by atoms with E-state index in [-0.39, 0.29) is 55.2 Å². The van der Waals surface area contributed by atoms with Crippen molar-refractivity contribution in [2.75, 3.05) is 11.9 Å². The summed E-state index contributed by atoms with van der Waals surface area (Å²) in [5.41, 5.74) is 2.72. The van der Waals surface area contributed by atoms with Gasteiger partial charge in [-0.3, -0.25) is 4.79 Å². The first-order valence-electron chi connectivity index (χ1n) is 13.5. The van der Waals surface area contributed by atoms with E-state index in [1.54, 1.807) is 0 Å². The van der Waals surface area contributed by atoms with Crippen LogP contribution in [0, 0.1) is 0 Å². The van der Waals surface area contributed by atoms with E-state index in [1.807, 2.05) is 55.5 Å². The molecule has 2 aliphatic heterocycles. The van der Waals surface area contributed by atoms with Gasteiger partial charge in [-0.25, -0.2) is 4.79 Å². The van der Waals surface area contributed by atoms with Crippen molar-refractivity contribution in [2.24, 2.45) is 0 Å². The number of carbonyl (C=O) groups is 2. The van der Waals surface area contributed by atoms with Crippen molar-refractivity contribution in [1.82, 2.24) is 10.6 Å². The molecule has 1 saturated heterocycles. The van der Waals surface area contributed by atoms with Crippen molar-refractivity contribution < 1.29 is 24.2 Å². The Morgan fingerprint density at radius 2 is 1.86 bits per heavy atom. The summed E-state index contributed by atoms with van der Waals surface area (Å²) >= 11 is 0. The summed E-state index contributed by atoms with van der Waals surface area (Å²) in [5.74, 6) is 0.608. The summed E-state index contributed by atoms with van der Waals surface area (Å²) in [4.78, 5) is 25.4. The van der Waals surface area contributed by atoms with Crippen LogP contribution < -0.4 is 20.7 Å². The molecule has 4 N–H and O–H groups in total. The van der Waals surface area contributed by atoms with Crippen molar-refractivity contribution >= 4 is 17.6 Å². The van der Waals surface area contributed by atoms with Crippen molar-refractivity contribution in [3.05, 3.63) is 59.7 Å². The predicted molar refractivity (Wildman–Crippen MR) is 141 cm³/mol. The van der Waals surface area contributed by atoms with Gasteiger partial charge >= 0.3 is 6.03 Å². The number of benzene rings is 2. The number of fused-ring (bicyclic) bond motifs is 3. The summed E-state index contributed by atoms with van der Waals surface area (Å²) < 4.78 is 12.3. The van der Waals surface area contributed by atoms with Crippen molar-refractivity contribution in [3.8, 4) is 5.75 Å². The topological polar surface area (TPSA) is 109 Å². The van der Waals surface area contributed by atoms with Gasteiger partial charge in [-0.2, -0.15) is 0 Å². The predicted octanol–water partition coefficient (Wildman–Crippen LogP) is 4.40. The minimum atomic E-state index is -0.526. The molecule has 3 amide bonds. The quantitative estimate of drug-likeness (QED) is 0.444. The van der Waals surface area contributed by atoms with Crippen molar-refractivity contribution in [2.45, 2.75) is 88.2 Å². The molecule has 5 atom stereocenters. The van der Waals surface area contributed by atoms with Crippen LogP contribution in [-0.4, -0.2) is 48.0 Å². The second-order valence-corrected chi connectivity index (χ2v) is 10.5. The average molecular weight is 508 g/mol. The molecule has 0 radical (unpaired) electrons. The van der Waals surface area contributed by atoms with Gasteiger partial charge in [0.2, 0.25) is 5.91 Å². The van der Waals surface area contributed by atoms with Crippen LogP contribution in [0.2, 0.25) is 0 Å². The third kappa shape index (κ3) is 6.08. The first-order chi connectivity index (χ1) is 18.0. The second-order valence-electron chi connectivity index (χ2n) is 10.5. The number of aliphatic hydroxyl groups excluding tert-OH is 1. The molecular formula is C29H37N3O5. The largest absolute Gasteiger partial charge is 0.487 e. The Morgan fingerprint density at radius 3 is 2.62 bits per heavy atom. The fraction of sp³-hybridized carbons (Fsp3) is 0.517. The van der Waals surface area contributed by atoms with Gasteiger partial charge in [0.25, 0.3) is 0 Å². The summed E-state index contributed by atoms with van der Waals surface area (Å²) in [6.45, 7) is 1.77. The molecule has 0 unspecified atom stereocenters. The summed E-state index contributed by atoms with van der Waals surface area (Å²) in [5, 5.41) is 19.1. The highest BCUT2D eigenvalue weighted by Crippen LogP contribution is 2.47. The number of hydrogen-bond donors (Lipinski definition) is 4. The Hall–Kier alpha value is -3.10. The molecule has 0 aromatic heterocycles. The number of amides is 3. The zero-order chi connectivity index (χ0) is 25.8. The van der Waals surface area contributed by atoms with E-state index in [0.717, 1.165) is 42.6 Å². The monoisotopic (exact) mass is 507 g/mol. The standard InChI is InChI=1S/C29H37N3O5/c1-18(19-8-4-2-5-9-19)30-27(34)16-22-15-24-23-14-21(32-29(35)31-20-10-6-3-7-11-20)12-13-25(23)37-28(24)26(17-33)36-22/h2,4-5,8-9,12-14,18,20,22,24,26,28,33H,3,6-7,10-11,15-17H2,1H3,(H,30,34)(H2,31,32,35)/t18-,22-,24-,26-,28+/m0/s1. The lowest BCUT2D eigenvalue weighted by Gasteiger charge is -2.37. The number of nitrogens with one attached hydrogen (secondary N) is 3. The number of rotatable bonds is 7. The molecule has 2 aromatic rings. The third-order valence-corrected chi connectivity index (χ3v) is 7.79. The number of anilines is 1. The van der Waals surface area contributed by atoms with Gasteiger partial charge in [0.1, 0.15) is 18.0 Å². The minimum absolute atomic E-state index is 0.0339. The van der Waals surface area contributed by atoms with Gasteiger partial charge in [-0.15, -0.1) is 0 Å². The highest BCUT2D eigenvalue weighted by atomic mass is 16.6. The van der Waals surface area contributed by atoms with Crippen molar-refractivity contribution in [3.63, 3.8) is 0 Å². The number of aliphatic hydroxyl groups is 1. The van der Waals surface area contributed by atoms with Gasteiger partial charge in [0.15, 0.2) is 0 Å². The van der Waals surface area contributed by atoms with Crippen LogP contribution in [0.4, 0.5) is 10.5 Å². The molecular weight excluding hydrogens is 470 g/mol. The SMILES string of the molecule is C[C@H](NC(=O)C[C@@H]1C[C@H]2c3cc(NC(=O)NC4CCCCC4)ccc3O[C@H]2[C@H](CO)O1)c1ccccc1. The van der Waals surface area contributed by atoms with E-state index in [4.69, 9.17) is 9.47 Å². The van der Waals surface area contributed by atoms with Crippen molar-refractivity contribution in [1.29, 1.82) is 0 Å². The summed E-state index contributed by atoms with van der Waals surface area (Å²) in [6.07, 6.45) is 5.20. The molecule has 5 rings (SSSR count). The van der Waals surface area contributed by atoms with Crippen LogP contribution in [-0.2, 0) is 9.53 Å². The molecule has 2 fully saturated rings. The lowest BCUT2D eigenvalue weighted by atomic mass is 9.84. The first-order valence-corrected chi connectivity index (χ1v) is 13.5. The Morgan fingerprint density at radius 1 is 1.08 bits per heavy atom. The van der Waals surface area contributed by atoms with E-state index in [0.29, 0.717) is 12.1 Å². The maximum absolute atomic E-state index is 12.8. The molecule has 0 spiro atoms. The molecule has 37 heavy (non-hydrogen) atoms. The lowest BCUT2D eigenvalue weighted by Crippen LogP contribution is -2.47. The van der Waals surface area contributed by atoms with Crippen LogP contribution in [0.5, 0.6) is 5.75 Å². The maximum atomic E-state index is 12.8. The summed E-state index contributed by atoms with van der Waals surface area (Å²) in [7, 11) is 0. The Kier molecular flexibility index (Phi) is 7.96. The Bertz CT molecular complexity index is 1090. The molecule has 3 aliphatic rings. The molecule has 8 nitrogen and oxygen atoms in total. The molecule has 2 heterocycles. The zero-order valence-electron chi connectivity index (χ0n) is 21.3. The number of ether oxygens (including phenoxy) is 2.